The lowest BCUT2D eigenvalue weighted by atomic mass is 9.87. The summed E-state index contributed by atoms with van der Waals surface area (Å²) < 4.78 is 1.20. The fourth-order valence-electron chi connectivity index (χ4n) is 2.64. The summed E-state index contributed by atoms with van der Waals surface area (Å²) in [5.41, 5.74) is 1.82. The molecule has 100 valence electrons. The van der Waals surface area contributed by atoms with Crippen LogP contribution in [0.15, 0.2) is 28.7 Å². The van der Waals surface area contributed by atoms with E-state index in [1.807, 2.05) is 0 Å². The van der Waals surface area contributed by atoms with Crippen LogP contribution >= 0.6 is 27.7 Å². The molecule has 1 nitrogen and oxygen atoms in total. The van der Waals surface area contributed by atoms with E-state index in [-0.39, 0.29) is 0 Å². The molecular weight excluding hydrogens is 306 g/mol. The normalized spacial score (nSPS) is 24.8. The van der Waals surface area contributed by atoms with Gasteiger partial charge in [0.2, 0.25) is 0 Å². The maximum absolute atomic E-state index is 3.78. The lowest BCUT2D eigenvalue weighted by Crippen LogP contribution is -2.41. The van der Waals surface area contributed by atoms with E-state index >= 15 is 0 Å². The van der Waals surface area contributed by atoms with Crippen molar-refractivity contribution in [1.29, 1.82) is 0 Å². The SMILES string of the molecule is C[C@@H](NC1CSCC(C)(C)C1)c1ccccc1Br. The highest BCUT2D eigenvalue weighted by Gasteiger charge is 2.29. The van der Waals surface area contributed by atoms with E-state index in [0.29, 0.717) is 17.5 Å². The number of benzene rings is 1. The standard InChI is InChI=1S/C15H22BrNS/c1-11(13-6-4-5-7-14(13)16)17-12-8-15(2,3)10-18-9-12/h4-7,11-12,17H,8-10H2,1-3H3/t11-,12?/m1/s1. The van der Waals surface area contributed by atoms with Crippen LogP contribution < -0.4 is 5.32 Å². The van der Waals surface area contributed by atoms with Crippen LogP contribution in [0.25, 0.3) is 0 Å². The topological polar surface area (TPSA) is 12.0 Å². The molecule has 18 heavy (non-hydrogen) atoms. The van der Waals surface area contributed by atoms with E-state index < -0.39 is 0 Å². The van der Waals surface area contributed by atoms with Gasteiger partial charge in [-0.15, -0.1) is 0 Å². The van der Waals surface area contributed by atoms with E-state index in [4.69, 9.17) is 0 Å². The molecule has 0 aliphatic carbocycles. The maximum atomic E-state index is 3.78. The smallest absolute Gasteiger partial charge is 0.0305 e. The summed E-state index contributed by atoms with van der Waals surface area (Å²) in [6.07, 6.45) is 1.27. The molecule has 0 bridgehead atoms. The minimum Gasteiger partial charge on any atom is -0.307 e. The molecule has 1 aliphatic heterocycles. The van der Waals surface area contributed by atoms with Gasteiger partial charge in [0.15, 0.2) is 0 Å². The van der Waals surface area contributed by atoms with E-state index in [1.54, 1.807) is 0 Å². The second-order valence-electron chi connectivity index (χ2n) is 5.99. The highest BCUT2D eigenvalue weighted by atomic mass is 79.9. The van der Waals surface area contributed by atoms with Crippen LogP contribution in [-0.4, -0.2) is 17.5 Å². The summed E-state index contributed by atoms with van der Waals surface area (Å²) in [4.78, 5) is 0. The zero-order chi connectivity index (χ0) is 13.2. The Morgan fingerprint density at radius 2 is 2.11 bits per heavy atom. The molecule has 1 aromatic carbocycles. The summed E-state index contributed by atoms with van der Waals surface area (Å²) in [5.74, 6) is 2.52. The first-order chi connectivity index (χ1) is 8.48. The lowest BCUT2D eigenvalue weighted by Gasteiger charge is -2.36. The minimum atomic E-state index is 0.403. The molecule has 0 amide bonds. The van der Waals surface area contributed by atoms with Crippen LogP contribution in [-0.2, 0) is 0 Å². The molecule has 1 heterocycles. The molecule has 1 aliphatic rings. The number of nitrogens with one attached hydrogen (secondary N) is 1. The van der Waals surface area contributed by atoms with Gasteiger partial charge in [0.1, 0.15) is 0 Å². The van der Waals surface area contributed by atoms with Crippen LogP contribution in [0.4, 0.5) is 0 Å². The quantitative estimate of drug-likeness (QED) is 0.868. The van der Waals surface area contributed by atoms with Crippen molar-refractivity contribution in [3.8, 4) is 0 Å². The fourth-order valence-corrected chi connectivity index (χ4v) is 4.55. The predicted octanol–water partition coefficient (Wildman–Crippen LogP) is 4.63. The van der Waals surface area contributed by atoms with Crippen molar-refractivity contribution < 1.29 is 0 Å². The van der Waals surface area contributed by atoms with Gasteiger partial charge in [0.05, 0.1) is 0 Å². The van der Waals surface area contributed by atoms with Gasteiger partial charge in [-0.2, -0.15) is 11.8 Å². The number of halogens is 1. The summed E-state index contributed by atoms with van der Waals surface area (Å²) >= 11 is 5.72. The Bertz CT molecular complexity index is 405. The predicted molar refractivity (Wildman–Crippen MR) is 85.2 cm³/mol. The van der Waals surface area contributed by atoms with Crippen molar-refractivity contribution >= 4 is 27.7 Å². The third kappa shape index (κ3) is 3.75. The molecule has 1 saturated heterocycles. The monoisotopic (exact) mass is 327 g/mol. The van der Waals surface area contributed by atoms with Crippen LogP contribution in [0.5, 0.6) is 0 Å². The van der Waals surface area contributed by atoms with E-state index in [9.17, 15) is 0 Å². The maximum Gasteiger partial charge on any atom is 0.0305 e. The molecule has 0 radical (unpaired) electrons. The Morgan fingerprint density at radius 3 is 2.78 bits per heavy atom. The van der Waals surface area contributed by atoms with Gasteiger partial charge in [-0.1, -0.05) is 48.0 Å². The van der Waals surface area contributed by atoms with Gasteiger partial charge in [-0.05, 0) is 36.1 Å². The van der Waals surface area contributed by atoms with E-state index in [2.05, 4.69) is 78.0 Å². The first kappa shape index (κ1) is 14.4. The van der Waals surface area contributed by atoms with Crippen LogP contribution in [0, 0.1) is 5.41 Å². The van der Waals surface area contributed by atoms with E-state index in [1.165, 1.54) is 28.0 Å². The molecule has 3 heteroatoms. The molecule has 1 aromatic rings. The molecular formula is C15H22BrNS. The van der Waals surface area contributed by atoms with Crippen molar-refractivity contribution in [2.45, 2.75) is 39.3 Å². The van der Waals surface area contributed by atoms with Crippen molar-refractivity contribution in [2.24, 2.45) is 5.41 Å². The van der Waals surface area contributed by atoms with Crippen LogP contribution in [0.1, 0.15) is 38.8 Å². The Kier molecular flexibility index (Phi) is 4.79. The molecule has 1 N–H and O–H groups in total. The number of thioether (sulfide) groups is 1. The van der Waals surface area contributed by atoms with E-state index in [0.717, 1.165) is 0 Å². The Hall–Kier alpha value is 0.01000. The first-order valence-corrected chi connectivity index (χ1v) is 8.51. The highest BCUT2D eigenvalue weighted by Crippen LogP contribution is 2.34. The van der Waals surface area contributed by atoms with Gasteiger partial charge in [0.25, 0.3) is 0 Å². The minimum absolute atomic E-state index is 0.403. The molecule has 0 aromatic heterocycles. The summed E-state index contributed by atoms with van der Waals surface area (Å²) in [5, 5.41) is 3.78. The van der Waals surface area contributed by atoms with Crippen molar-refractivity contribution in [3.05, 3.63) is 34.3 Å². The van der Waals surface area contributed by atoms with Gasteiger partial charge in [0, 0.05) is 22.3 Å². The van der Waals surface area contributed by atoms with Gasteiger partial charge < -0.3 is 5.32 Å². The van der Waals surface area contributed by atoms with Gasteiger partial charge >= 0.3 is 0 Å². The highest BCUT2D eigenvalue weighted by molar-refractivity contribution is 9.10. The molecule has 1 fully saturated rings. The fraction of sp³-hybridized carbons (Fsp3) is 0.600. The van der Waals surface area contributed by atoms with Gasteiger partial charge in [-0.25, -0.2) is 0 Å². The number of hydrogen-bond donors (Lipinski definition) is 1. The molecule has 2 atom stereocenters. The first-order valence-electron chi connectivity index (χ1n) is 6.56. The lowest BCUT2D eigenvalue weighted by molar-refractivity contribution is 0.305. The Balaban J connectivity index is 1.99. The molecule has 0 spiro atoms. The average Bonchev–Trinajstić information content (AvgIpc) is 2.28. The largest absolute Gasteiger partial charge is 0.307 e. The van der Waals surface area contributed by atoms with Crippen molar-refractivity contribution in [1.82, 2.24) is 5.32 Å². The molecule has 0 saturated carbocycles. The summed E-state index contributed by atoms with van der Waals surface area (Å²) in [6, 6.07) is 9.52. The van der Waals surface area contributed by atoms with Gasteiger partial charge in [-0.3, -0.25) is 0 Å². The molecule has 1 unspecified atom stereocenters. The Morgan fingerprint density at radius 1 is 1.39 bits per heavy atom. The van der Waals surface area contributed by atoms with Crippen molar-refractivity contribution in [3.63, 3.8) is 0 Å². The second-order valence-corrected chi connectivity index (χ2v) is 7.87. The third-order valence-electron chi connectivity index (χ3n) is 3.47. The number of hydrogen-bond acceptors (Lipinski definition) is 2. The van der Waals surface area contributed by atoms with Crippen LogP contribution in [0.2, 0.25) is 0 Å². The Labute approximate surface area is 123 Å². The zero-order valence-electron chi connectivity index (χ0n) is 11.4. The summed E-state index contributed by atoms with van der Waals surface area (Å²) in [6.45, 7) is 7.00. The third-order valence-corrected chi connectivity index (χ3v) is 5.81. The number of rotatable bonds is 3. The summed E-state index contributed by atoms with van der Waals surface area (Å²) in [7, 11) is 0. The second kappa shape index (κ2) is 5.98. The zero-order valence-corrected chi connectivity index (χ0v) is 13.8. The molecule has 2 rings (SSSR count). The average molecular weight is 328 g/mol. The van der Waals surface area contributed by atoms with Crippen LogP contribution in [0.3, 0.4) is 0 Å². The van der Waals surface area contributed by atoms with Crippen molar-refractivity contribution in [2.75, 3.05) is 11.5 Å².